The van der Waals surface area contributed by atoms with Crippen LogP contribution in [0.1, 0.15) is 16.2 Å². The summed E-state index contributed by atoms with van der Waals surface area (Å²) in [5, 5.41) is 12.7. The Bertz CT molecular complexity index is 665. The standard InChI is InChI=1S/C12H9Cl2N3O2/c1-17-5-4-15-12(17)10(16-19)11(18)7-2-3-8(13)9(14)6-7/h2-6,19H,1H3/b16-10-. The number of rotatable bonds is 3. The normalized spacial score (nSPS) is 11.6. The number of imidazole rings is 1. The number of benzene rings is 1. The number of nitrogens with zero attached hydrogens (tertiary/aromatic N) is 3. The summed E-state index contributed by atoms with van der Waals surface area (Å²) in [5.74, 6) is -0.228. The molecule has 0 aliphatic rings. The van der Waals surface area contributed by atoms with Crippen molar-refractivity contribution in [2.75, 3.05) is 0 Å². The second-order valence-electron chi connectivity index (χ2n) is 3.77. The molecule has 98 valence electrons. The van der Waals surface area contributed by atoms with Crippen LogP contribution in [0.2, 0.25) is 10.0 Å². The summed E-state index contributed by atoms with van der Waals surface area (Å²) < 4.78 is 1.57. The van der Waals surface area contributed by atoms with Gasteiger partial charge in [-0.2, -0.15) is 0 Å². The Morgan fingerprint density at radius 3 is 2.63 bits per heavy atom. The molecule has 7 heteroatoms. The molecule has 0 aliphatic heterocycles. The zero-order valence-electron chi connectivity index (χ0n) is 9.84. The van der Waals surface area contributed by atoms with Crippen molar-refractivity contribution in [3.05, 3.63) is 52.0 Å². The molecule has 0 unspecified atom stereocenters. The first-order valence-electron chi connectivity index (χ1n) is 5.24. The Labute approximate surface area is 119 Å². The van der Waals surface area contributed by atoms with E-state index in [0.29, 0.717) is 5.02 Å². The molecule has 0 saturated heterocycles. The predicted molar refractivity (Wildman–Crippen MR) is 72.3 cm³/mol. The van der Waals surface area contributed by atoms with Crippen LogP contribution in [0.25, 0.3) is 0 Å². The van der Waals surface area contributed by atoms with Gasteiger partial charge in [0.05, 0.1) is 10.0 Å². The minimum Gasteiger partial charge on any atom is -0.410 e. The summed E-state index contributed by atoms with van der Waals surface area (Å²) in [4.78, 5) is 16.2. The molecule has 0 bridgehead atoms. The van der Waals surface area contributed by atoms with E-state index in [0.717, 1.165) is 0 Å². The Morgan fingerprint density at radius 1 is 1.37 bits per heavy atom. The van der Waals surface area contributed by atoms with Crippen LogP contribution in [0.3, 0.4) is 0 Å². The molecule has 0 atom stereocenters. The van der Waals surface area contributed by atoms with Crippen molar-refractivity contribution >= 4 is 34.7 Å². The fourth-order valence-corrected chi connectivity index (χ4v) is 1.86. The minimum atomic E-state index is -0.490. The van der Waals surface area contributed by atoms with Gasteiger partial charge in [0.25, 0.3) is 0 Å². The van der Waals surface area contributed by atoms with Crippen molar-refractivity contribution < 1.29 is 10.0 Å². The zero-order chi connectivity index (χ0) is 14.0. The van der Waals surface area contributed by atoms with Crippen LogP contribution in [0.15, 0.2) is 35.7 Å². The average molecular weight is 298 g/mol. The molecule has 1 heterocycles. The molecule has 19 heavy (non-hydrogen) atoms. The highest BCUT2D eigenvalue weighted by atomic mass is 35.5. The van der Waals surface area contributed by atoms with Crippen LogP contribution < -0.4 is 0 Å². The highest BCUT2D eigenvalue weighted by Gasteiger charge is 2.21. The lowest BCUT2D eigenvalue weighted by atomic mass is 10.1. The topological polar surface area (TPSA) is 67.5 Å². The summed E-state index contributed by atoms with van der Waals surface area (Å²) in [6, 6.07) is 4.43. The van der Waals surface area contributed by atoms with Crippen molar-refractivity contribution in [1.29, 1.82) is 0 Å². The maximum Gasteiger partial charge on any atom is 0.218 e. The van der Waals surface area contributed by atoms with E-state index < -0.39 is 5.78 Å². The Morgan fingerprint density at radius 2 is 2.11 bits per heavy atom. The average Bonchev–Trinajstić information content (AvgIpc) is 2.80. The number of carbonyl (C=O) groups is 1. The molecular weight excluding hydrogens is 289 g/mol. The van der Waals surface area contributed by atoms with Gasteiger partial charge in [0.15, 0.2) is 11.5 Å². The number of aryl methyl sites for hydroxylation is 1. The molecule has 2 aromatic rings. The number of ketones is 1. The number of carbonyl (C=O) groups excluding carboxylic acids is 1. The molecule has 0 radical (unpaired) electrons. The van der Waals surface area contributed by atoms with Gasteiger partial charge in [-0.1, -0.05) is 28.4 Å². The fraction of sp³-hybridized carbons (Fsp3) is 0.0833. The van der Waals surface area contributed by atoms with Gasteiger partial charge in [-0.3, -0.25) is 4.79 Å². The van der Waals surface area contributed by atoms with Crippen molar-refractivity contribution in [1.82, 2.24) is 9.55 Å². The maximum atomic E-state index is 12.2. The third-order valence-electron chi connectivity index (χ3n) is 2.53. The van der Waals surface area contributed by atoms with Crippen LogP contribution in [0, 0.1) is 0 Å². The van der Waals surface area contributed by atoms with Crippen molar-refractivity contribution in [3.8, 4) is 0 Å². The lowest BCUT2D eigenvalue weighted by Crippen LogP contribution is -2.20. The highest BCUT2D eigenvalue weighted by molar-refractivity contribution is 6.51. The molecule has 5 nitrogen and oxygen atoms in total. The lowest BCUT2D eigenvalue weighted by Gasteiger charge is -2.05. The van der Waals surface area contributed by atoms with Crippen molar-refractivity contribution in [2.24, 2.45) is 12.2 Å². The molecule has 1 aromatic heterocycles. The van der Waals surface area contributed by atoms with Crippen molar-refractivity contribution in [3.63, 3.8) is 0 Å². The summed E-state index contributed by atoms with van der Waals surface area (Å²) in [6.45, 7) is 0. The lowest BCUT2D eigenvalue weighted by molar-refractivity contribution is 0.106. The summed E-state index contributed by atoms with van der Waals surface area (Å²) >= 11 is 11.6. The van der Waals surface area contributed by atoms with Crippen LogP contribution in [0.4, 0.5) is 0 Å². The SMILES string of the molecule is Cn1ccnc1/C(=N\O)C(=O)c1ccc(Cl)c(Cl)c1. The monoisotopic (exact) mass is 297 g/mol. The molecule has 0 amide bonds. The first-order valence-corrected chi connectivity index (χ1v) is 5.99. The second-order valence-corrected chi connectivity index (χ2v) is 4.58. The molecular formula is C12H9Cl2N3O2. The molecule has 0 spiro atoms. The Kier molecular flexibility index (Phi) is 3.87. The van der Waals surface area contributed by atoms with Crippen LogP contribution in [-0.4, -0.2) is 26.3 Å². The van der Waals surface area contributed by atoms with E-state index in [1.54, 1.807) is 17.8 Å². The number of Topliss-reactive ketones (excluding diaryl/α,β-unsaturated/α-hetero) is 1. The first-order chi connectivity index (χ1) is 9.04. The number of hydrogen-bond donors (Lipinski definition) is 1. The van der Waals surface area contributed by atoms with E-state index in [2.05, 4.69) is 10.1 Å². The molecule has 1 aromatic carbocycles. The van der Waals surface area contributed by atoms with E-state index in [1.165, 1.54) is 24.4 Å². The van der Waals surface area contributed by atoms with Gasteiger partial charge >= 0.3 is 0 Å². The van der Waals surface area contributed by atoms with Gasteiger partial charge in [0.1, 0.15) is 0 Å². The molecule has 0 fully saturated rings. The van der Waals surface area contributed by atoms with Crippen LogP contribution in [-0.2, 0) is 7.05 Å². The van der Waals surface area contributed by atoms with Gasteiger partial charge in [-0.15, -0.1) is 0 Å². The van der Waals surface area contributed by atoms with Crippen LogP contribution >= 0.6 is 23.2 Å². The van der Waals surface area contributed by atoms with Crippen molar-refractivity contribution in [2.45, 2.75) is 0 Å². The van der Waals surface area contributed by atoms with E-state index >= 15 is 0 Å². The highest BCUT2D eigenvalue weighted by Crippen LogP contribution is 2.23. The summed E-state index contributed by atoms with van der Waals surface area (Å²) in [6.07, 6.45) is 3.14. The molecule has 0 saturated carbocycles. The molecule has 2 rings (SSSR count). The number of oxime groups is 1. The van der Waals surface area contributed by atoms with Gasteiger partial charge in [-0.25, -0.2) is 4.98 Å². The third-order valence-corrected chi connectivity index (χ3v) is 3.27. The Hall–Kier alpha value is -1.85. The van der Waals surface area contributed by atoms with Gasteiger partial charge < -0.3 is 9.77 Å². The van der Waals surface area contributed by atoms with Gasteiger partial charge in [0.2, 0.25) is 5.78 Å². The van der Waals surface area contributed by atoms with Gasteiger partial charge in [-0.05, 0) is 18.2 Å². The van der Waals surface area contributed by atoms with E-state index in [1.807, 2.05) is 0 Å². The fourth-order valence-electron chi connectivity index (χ4n) is 1.56. The van der Waals surface area contributed by atoms with Gasteiger partial charge in [0, 0.05) is 25.0 Å². The second kappa shape index (κ2) is 5.42. The van der Waals surface area contributed by atoms with E-state index in [-0.39, 0.29) is 22.1 Å². The quantitative estimate of drug-likeness (QED) is 0.410. The smallest absolute Gasteiger partial charge is 0.218 e. The first kappa shape index (κ1) is 13.6. The number of aromatic nitrogens is 2. The minimum absolute atomic E-state index is 0.161. The zero-order valence-corrected chi connectivity index (χ0v) is 11.4. The predicted octanol–water partition coefficient (Wildman–Crippen LogP) is 2.79. The third kappa shape index (κ3) is 2.62. The molecule has 0 aliphatic carbocycles. The number of hydrogen-bond acceptors (Lipinski definition) is 4. The van der Waals surface area contributed by atoms with E-state index in [4.69, 9.17) is 28.4 Å². The maximum absolute atomic E-state index is 12.2. The Balaban J connectivity index is 2.43. The number of halogens is 2. The largest absolute Gasteiger partial charge is 0.410 e. The van der Waals surface area contributed by atoms with E-state index in [9.17, 15) is 4.79 Å². The molecule has 1 N–H and O–H groups in total. The summed E-state index contributed by atoms with van der Waals surface area (Å²) in [7, 11) is 1.69. The van der Waals surface area contributed by atoms with Crippen LogP contribution in [0.5, 0.6) is 0 Å². The summed E-state index contributed by atoms with van der Waals surface area (Å²) in [5.41, 5.74) is 0.107.